The third-order valence-electron chi connectivity index (χ3n) is 13.5. The van der Waals surface area contributed by atoms with E-state index in [0.717, 1.165) is 54.5 Å². The van der Waals surface area contributed by atoms with Gasteiger partial charge < -0.3 is 58.5 Å². The second-order valence-corrected chi connectivity index (χ2v) is 18.4. The van der Waals surface area contributed by atoms with Gasteiger partial charge in [0.25, 0.3) is 5.91 Å². The minimum Gasteiger partial charge on any atom is -0.370 e. The zero-order valence-electron chi connectivity index (χ0n) is 40.4. The van der Waals surface area contributed by atoms with Crippen molar-refractivity contribution in [2.45, 2.75) is 94.4 Å². The number of hydrogen-bond donors (Lipinski definition) is 9. The maximum absolute atomic E-state index is 14.6. The predicted octanol–water partition coefficient (Wildman–Crippen LogP) is 1.64. The summed E-state index contributed by atoms with van der Waals surface area (Å²) in [5.41, 5.74) is 20.3. The molecule has 1 fully saturated rings. The van der Waals surface area contributed by atoms with Crippen LogP contribution < -0.4 is 48.7 Å². The van der Waals surface area contributed by atoms with Crippen LogP contribution in [0.4, 0.5) is 10.5 Å². The first-order chi connectivity index (χ1) is 34.6. The number of amides is 8. The molecule has 2 heterocycles. The van der Waals surface area contributed by atoms with Crippen molar-refractivity contribution in [2.24, 2.45) is 22.2 Å². The van der Waals surface area contributed by atoms with E-state index in [1.54, 1.807) is 18.3 Å². The lowest BCUT2D eigenvalue weighted by atomic mass is 9.91. The Morgan fingerprint density at radius 1 is 0.847 bits per heavy atom. The minimum atomic E-state index is -1.62. The largest absolute Gasteiger partial charge is 0.370 e. The third kappa shape index (κ3) is 11.8. The maximum Gasteiger partial charge on any atom is 0.325 e. The summed E-state index contributed by atoms with van der Waals surface area (Å²) in [6.45, 7) is 2.07. The van der Waals surface area contributed by atoms with Gasteiger partial charge >= 0.3 is 6.03 Å². The van der Waals surface area contributed by atoms with Crippen LogP contribution in [0.1, 0.15) is 60.8 Å². The first-order valence-electron chi connectivity index (χ1n) is 24.0. The highest BCUT2D eigenvalue weighted by molar-refractivity contribution is 6.10. The van der Waals surface area contributed by atoms with Crippen molar-refractivity contribution < 1.29 is 38.4 Å². The van der Waals surface area contributed by atoms with Crippen LogP contribution in [0.15, 0.2) is 96.1 Å². The zero-order chi connectivity index (χ0) is 51.5. The molecule has 20 nitrogen and oxygen atoms in total. The number of unbranched alkanes of at least 4 members (excludes halogenated alkanes) is 1. The van der Waals surface area contributed by atoms with Gasteiger partial charge in [-0.25, -0.2) is 9.69 Å². The number of nitrogens with one attached hydrogen (secondary N) is 6. The molecule has 12 N–H and O–H groups in total. The van der Waals surface area contributed by atoms with Crippen LogP contribution in [0, 0.1) is 6.92 Å². The zero-order valence-corrected chi connectivity index (χ0v) is 40.4. The SMILES string of the molecule is Cc1cc2ccccc2cc1N(C)[C@@H](CCCN=C(N)N)C(=O)N[C@@H](Cc1c[nH]c2ccccc12)C(=O)N[C@@H](CCCCNC(=O)CC1NC(=O)N(C2(C(=O)NCC=O)Cc3ccccc3C2)C1=O)C(N)=O. The molecule has 2 aliphatic rings. The van der Waals surface area contributed by atoms with Crippen molar-refractivity contribution in [3.05, 3.63) is 113 Å². The number of para-hydroxylation sites is 1. The van der Waals surface area contributed by atoms with Crippen molar-refractivity contribution in [1.29, 1.82) is 0 Å². The van der Waals surface area contributed by atoms with E-state index in [1.807, 2.05) is 85.6 Å². The molecule has 0 bridgehead atoms. The summed E-state index contributed by atoms with van der Waals surface area (Å²) in [7, 11) is 1.83. The number of hydrogen-bond acceptors (Lipinski definition) is 10. The molecule has 0 saturated carbocycles. The molecule has 20 heteroatoms. The average Bonchev–Trinajstić information content (AvgIpc) is 4.04. The highest BCUT2D eigenvalue weighted by atomic mass is 16.2. The van der Waals surface area contributed by atoms with Gasteiger partial charge in [-0.15, -0.1) is 0 Å². The number of benzene rings is 4. The number of carbonyl (C=O) groups is 8. The number of primary amides is 1. The first kappa shape index (κ1) is 51.6. The number of guanidine groups is 1. The quantitative estimate of drug-likeness (QED) is 0.0141. The summed E-state index contributed by atoms with van der Waals surface area (Å²) in [6, 6.07) is 21.6. The van der Waals surface area contributed by atoms with Gasteiger partial charge in [0.2, 0.25) is 29.5 Å². The predicted molar refractivity (Wildman–Crippen MR) is 272 cm³/mol. The van der Waals surface area contributed by atoms with Crippen molar-refractivity contribution in [3.63, 3.8) is 0 Å². The molecule has 0 spiro atoms. The molecule has 1 aliphatic heterocycles. The van der Waals surface area contributed by atoms with E-state index in [2.05, 4.69) is 42.6 Å². The second-order valence-electron chi connectivity index (χ2n) is 18.4. The fraction of sp³-hybridized carbons (Fsp3) is 0.365. The fourth-order valence-corrected chi connectivity index (χ4v) is 9.79. The smallest absolute Gasteiger partial charge is 0.325 e. The third-order valence-corrected chi connectivity index (χ3v) is 13.5. The molecular weight excluding hydrogens is 921 g/mol. The number of aromatic amines is 1. The molecule has 1 aliphatic carbocycles. The Labute approximate surface area is 416 Å². The van der Waals surface area contributed by atoms with E-state index in [1.165, 1.54) is 0 Å². The van der Waals surface area contributed by atoms with Crippen LogP contribution in [0.2, 0.25) is 0 Å². The lowest BCUT2D eigenvalue weighted by Gasteiger charge is -2.34. The number of carbonyl (C=O) groups excluding carboxylic acids is 8. The Hall–Kier alpha value is -8.29. The van der Waals surface area contributed by atoms with E-state index >= 15 is 0 Å². The molecule has 1 saturated heterocycles. The molecule has 5 aromatic rings. The standard InChI is InChI=1S/C52H62N12O8/c1-31-24-32-12-3-4-13-33(32)26-43(31)63(2)42(19-11-21-58-50(54)55)47(69)61-40(25-36-30-59-38-17-8-7-16-37(36)38)46(68)60-39(45(53)67)18-9-10-20-56-44(66)27-41-48(70)64(51(72)62-41)52(49(71)57-22-23-65)28-34-14-5-6-15-35(34)29-52/h3-8,12-17,23-24,26,30,39-42,59H,9-11,18-22,25,27-29H2,1-2H3,(H2,53,67)(H,56,66)(H,57,71)(H,60,68)(H,61,69)(H,62,72)(H4,54,55,58)/t39-,40-,41?,42-/m0/s1. The number of anilines is 1. The number of aliphatic imine (C=N–C) groups is 1. The first-order valence-corrected chi connectivity index (χ1v) is 24.0. The molecule has 1 unspecified atom stereocenters. The van der Waals surface area contributed by atoms with Crippen molar-refractivity contribution >= 4 is 81.1 Å². The van der Waals surface area contributed by atoms with E-state index in [-0.39, 0.29) is 51.3 Å². The summed E-state index contributed by atoms with van der Waals surface area (Å²) < 4.78 is 0. The van der Waals surface area contributed by atoms with Gasteiger partial charge in [0.05, 0.1) is 13.0 Å². The van der Waals surface area contributed by atoms with Crippen molar-refractivity contribution in [1.82, 2.24) is 36.5 Å². The van der Waals surface area contributed by atoms with E-state index in [0.29, 0.717) is 32.0 Å². The van der Waals surface area contributed by atoms with Crippen LogP contribution in [0.3, 0.4) is 0 Å². The lowest BCUT2D eigenvalue weighted by Crippen LogP contribution is -2.62. The van der Waals surface area contributed by atoms with Gasteiger partial charge in [0.15, 0.2) is 5.96 Å². The average molecular weight is 983 g/mol. The number of likely N-dealkylation sites (N-methyl/N-ethyl adjacent to an activating group) is 1. The van der Waals surface area contributed by atoms with Crippen LogP contribution >= 0.6 is 0 Å². The number of nitrogens with two attached hydrogens (primary N) is 3. The Morgan fingerprint density at radius 3 is 2.21 bits per heavy atom. The molecule has 7 rings (SSSR count). The van der Waals surface area contributed by atoms with E-state index in [9.17, 15) is 38.4 Å². The van der Waals surface area contributed by atoms with Gasteiger partial charge in [-0.1, -0.05) is 66.7 Å². The van der Waals surface area contributed by atoms with Crippen LogP contribution in [0.25, 0.3) is 21.7 Å². The molecule has 4 atom stereocenters. The monoisotopic (exact) mass is 982 g/mol. The Balaban J connectivity index is 0.985. The number of aryl methyl sites for hydroxylation is 1. The summed E-state index contributed by atoms with van der Waals surface area (Å²) in [5, 5.41) is 16.5. The summed E-state index contributed by atoms with van der Waals surface area (Å²) >= 11 is 0. The molecular formula is C52H62N12O8. The molecule has 8 amide bonds. The minimum absolute atomic E-state index is 0.0470. The van der Waals surface area contributed by atoms with Gasteiger partial charge in [-0.2, -0.15) is 0 Å². The lowest BCUT2D eigenvalue weighted by molar-refractivity contribution is -0.142. The number of urea groups is 1. The maximum atomic E-state index is 14.6. The van der Waals surface area contributed by atoms with Crippen molar-refractivity contribution in [2.75, 3.05) is 31.6 Å². The molecule has 378 valence electrons. The van der Waals surface area contributed by atoms with Crippen LogP contribution in [-0.4, -0.2) is 120 Å². The summed E-state index contributed by atoms with van der Waals surface area (Å²) in [4.78, 5) is 117. The Morgan fingerprint density at radius 2 is 1.51 bits per heavy atom. The molecule has 72 heavy (non-hydrogen) atoms. The number of imide groups is 1. The molecule has 0 radical (unpaired) electrons. The Bertz CT molecular complexity index is 2870. The van der Waals surface area contributed by atoms with Crippen LogP contribution in [-0.2, 0) is 52.8 Å². The van der Waals surface area contributed by atoms with Gasteiger partial charge in [-0.3, -0.25) is 33.8 Å². The summed E-state index contributed by atoms with van der Waals surface area (Å²) in [5.74, 6) is -3.87. The normalized spacial score (nSPS) is 16.0. The molecule has 1 aromatic heterocycles. The topological polar surface area (TPSA) is 309 Å². The highest BCUT2D eigenvalue weighted by Gasteiger charge is 2.57. The van der Waals surface area contributed by atoms with E-state index in [4.69, 9.17) is 17.2 Å². The number of aldehydes is 1. The fourth-order valence-electron chi connectivity index (χ4n) is 9.79. The number of nitrogens with zero attached hydrogens (tertiary/aromatic N) is 3. The number of aromatic nitrogens is 1. The van der Waals surface area contributed by atoms with E-state index < -0.39 is 77.6 Å². The summed E-state index contributed by atoms with van der Waals surface area (Å²) in [6.07, 6.45) is 3.60. The molecule has 4 aromatic carbocycles. The highest BCUT2D eigenvalue weighted by Crippen LogP contribution is 2.37. The second kappa shape index (κ2) is 23.1. The van der Waals surface area contributed by atoms with Gasteiger partial charge in [0, 0.05) is 62.2 Å². The number of fused-ring (bicyclic) bond motifs is 3. The number of rotatable bonds is 24. The van der Waals surface area contributed by atoms with Gasteiger partial charge in [0.1, 0.15) is 36.0 Å². The Kier molecular flexibility index (Phi) is 16.5. The number of H-pyrrole nitrogens is 1. The van der Waals surface area contributed by atoms with Gasteiger partial charge in [-0.05, 0) is 90.3 Å². The van der Waals surface area contributed by atoms with Crippen LogP contribution in [0.5, 0.6) is 0 Å². The van der Waals surface area contributed by atoms with Crippen molar-refractivity contribution in [3.8, 4) is 0 Å².